The molecule has 0 aliphatic heterocycles. The van der Waals surface area contributed by atoms with E-state index in [1.54, 1.807) is 0 Å². The molecule has 0 spiro atoms. The van der Waals surface area contributed by atoms with Crippen molar-refractivity contribution in [2.75, 3.05) is 0 Å². The molecule has 0 bridgehead atoms. The second-order valence-corrected chi connectivity index (χ2v) is 4.49. The number of halogens is 3. The first-order chi connectivity index (χ1) is 4.38. The van der Waals surface area contributed by atoms with Crippen LogP contribution < -0.4 is 37.2 Å². The van der Waals surface area contributed by atoms with Crippen LogP contribution in [0.2, 0.25) is 0 Å². The Kier molecular flexibility index (Phi) is 13.3. The first kappa shape index (κ1) is 24.5. The number of hydrogen-bond donors (Lipinski definition) is 0. The van der Waals surface area contributed by atoms with Gasteiger partial charge in [0.05, 0.1) is 0 Å². The van der Waals surface area contributed by atoms with E-state index in [2.05, 4.69) is 40.7 Å². The predicted molar refractivity (Wildman–Crippen MR) is 44.6 cm³/mol. The van der Waals surface area contributed by atoms with Crippen LogP contribution >= 0.6 is 0 Å². The van der Waals surface area contributed by atoms with E-state index >= 15 is 0 Å². The maximum Gasteiger partial charge on any atom is 4.00 e. The largest absolute Gasteiger partial charge is 4.00 e. The van der Waals surface area contributed by atoms with Crippen molar-refractivity contribution in [3.8, 4) is 0 Å². The molecular weight excluding hydrogens is 274 g/mol. The predicted octanol–water partition coefficient (Wildman–Crippen LogP) is -5.80. The minimum Gasteiger partial charge on any atom is -1.00 e. The molecule has 1 aliphatic carbocycles. The van der Waals surface area contributed by atoms with E-state index in [-0.39, 0.29) is 58.9 Å². The molecule has 1 aliphatic rings. The van der Waals surface area contributed by atoms with Crippen LogP contribution in [-0.2, 0) is 21.7 Å². The van der Waals surface area contributed by atoms with Gasteiger partial charge in [-0.1, -0.05) is 40.0 Å². The van der Waals surface area contributed by atoms with Crippen LogP contribution in [0.15, 0.2) is 5.57 Å². The van der Waals surface area contributed by atoms with E-state index in [1.165, 1.54) is 5.57 Å². The molecule has 0 saturated carbocycles. The van der Waals surface area contributed by atoms with Gasteiger partial charge in [0.2, 0.25) is 0 Å². The summed E-state index contributed by atoms with van der Waals surface area (Å²) in [4.78, 5) is 0. The van der Waals surface area contributed by atoms with Gasteiger partial charge in [0, 0.05) is 0 Å². The van der Waals surface area contributed by atoms with Crippen molar-refractivity contribution in [3.05, 3.63) is 11.6 Å². The quantitative estimate of drug-likeness (QED) is 0.308. The molecule has 14 heavy (non-hydrogen) atoms. The summed E-state index contributed by atoms with van der Waals surface area (Å²) in [6.45, 7) is 11.4. The fraction of sp³-hybridized carbons (Fsp3) is 0.800. The molecule has 0 aromatic carbocycles. The van der Waals surface area contributed by atoms with Crippen molar-refractivity contribution in [1.82, 2.24) is 0 Å². The molecule has 0 radical (unpaired) electrons. The second kappa shape index (κ2) is 7.57. The van der Waals surface area contributed by atoms with Crippen LogP contribution in [0, 0.1) is 16.9 Å². The molecule has 0 N–H and O–H groups in total. The van der Waals surface area contributed by atoms with Crippen LogP contribution in [0.4, 0.5) is 0 Å². The fourth-order valence-corrected chi connectivity index (χ4v) is 1.30. The van der Waals surface area contributed by atoms with E-state index < -0.39 is 0 Å². The topological polar surface area (TPSA) is 0 Å². The van der Waals surface area contributed by atoms with Gasteiger partial charge in [-0.05, 0) is 5.41 Å². The average Bonchev–Trinajstić information content (AvgIpc) is 1.94. The van der Waals surface area contributed by atoms with Crippen LogP contribution in [0.3, 0.4) is 0 Å². The van der Waals surface area contributed by atoms with Crippen LogP contribution in [-0.4, -0.2) is 0 Å². The third-order valence-electron chi connectivity index (χ3n) is 3.42. The Balaban J connectivity index is -0.000000125. The van der Waals surface area contributed by atoms with Gasteiger partial charge in [-0.2, -0.15) is 6.42 Å². The van der Waals surface area contributed by atoms with Gasteiger partial charge in [-0.15, -0.1) is 0 Å². The minimum atomic E-state index is 0. The maximum absolute atomic E-state index is 3.42. The molecule has 1 rings (SSSR count). The van der Waals surface area contributed by atoms with Crippen molar-refractivity contribution in [2.45, 2.75) is 41.0 Å². The molecule has 0 atom stereocenters. The summed E-state index contributed by atoms with van der Waals surface area (Å²) < 4.78 is 0. The third-order valence-corrected chi connectivity index (χ3v) is 3.42. The Morgan fingerprint density at radius 3 is 1.43 bits per heavy atom. The standard InChI is InChI=1S/C10H17.3ClH.Ti/c1-8-6-7-9(2,3)10(8,4)5;;;;/h7H2,1-5H3;3*1H;/q-1;;;;+4/p-3. The molecule has 0 unspecified atom stereocenters. The minimum absolute atomic E-state index is 0. The Labute approximate surface area is 122 Å². The summed E-state index contributed by atoms with van der Waals surface area (Å²) in [6, 6.07) is 0. The molecule has 4 heteroatoms. The summed E-state index contributed by atoms with van der Waals surface area (Å²) in [5, 5.41) is 0. The Hall–Kier alpha value is 1.32. The summed E-state index contributed by atoms with van der Waals surface area (Å²) in [7, 11) is 0. The molecular formula is C10H17Cl3Ti. The SMILES string of the molecule is CC1=[C-]CC(C)(C)C1(C)C.[Cl-].[Cl-].[Cl-].[Ti+4]. The zero-order valence-electron chi connectivity index (χ0n) is 9.34. The number of hydrogen-bond acceptors (Lipinski definition) is 0. The van der Waals surface area contributed by atoms with E-state index in [0.29, 0.717) is 10.8 Å². The molecule has 0 aromatic heterocycles. The van der Waals surface area contributed by atoms with Crippen LogP contribution in [0.1, 0.15) is 41.0 Å². The van der Waals surface area contributed by atoms with Gasteiger partial charge in [0.25, 0.3) is 0 Å². The van der Waals surface area contributed by atoms with Crippen molar-refractivity contribution in [1.29, 1.82) is 0 Å². The van der Waals surface area contributed by atoms with Gasteiger partial charge in [-0.25, -0.2) is 0 Å². The summed E-state index contributed by atoms with van der Waals surface area (Å²) in [6.07, 6.45) is 4.53. The summed E-state index contributed by atoms with van der Waals surface area (Å²) in [5.74, 6) is 0. The van der Waals surface area contributed by atoms with Crippen molar-refractivity contribution >= 4 is 0 Å². The fourth-order valence-electron chi connectivity index (χ4n) is 1.30. The zero-order valence-corrected chi connectivity index (χ0v) is 13.2. The van der Waals surface area contributed by atoms with Gasteiger partial charge in [0.15, 0.2) is 0 Å². The van der Waals surface area contributed by atoms with E-state index in [0.717, 1.165) is 6.42 Å². The monoisotopic (exact) mass is 290 g/mol. The Morgan fingerprint density at radius 1 is 1.00 bits per heavy atom. The second-order valence-electron chi connectivity index (χ2n) is 4.49. The molecule has 0 amide bonds. The van der Waals surface area contributed by atoms with Gasteiger partial charge < -0.3 is 43.3 Å². The average molecular weight is 291 g/mol. The Morgan fingerprint density at radius 2 is 1.36 bits per heavy atom. The summed E-state index contributed by atoms with van der Waals surface area (Å²) in [5.41, 5.74) is 2.20. The van der Waals surface area contributed by atoms with Gasteiger partial charge >= 0.3 is 21.7 Å². The number of rotatable bonds is 0. The van der Waals surface area contributed by atoms with Crippen LogP contribution in [0.25, 0.3) is 0 Å². The normalized spacial score (nSPS) is 20.2. The van der Waals surface area contributed by atoms with Crippen molar-refractivity contribution in [3.63, 3.8) is 0 Å². The molecule has 0 aromatic rings. The van der Waals surface area contributed by atoms with Crippen LogP contribution in [0.5, 0.6) is 0 Å². The van der Waals surface area contributed by atoms with E-state index in [4.69, 9.17) is 0 Å². The first-order valence-electron chi connectivity index (χ1n) is 3.96. The molecule has 0 nitrogen and oxygen atoms in total. The first-order valence-corrected chi connectivity index (χ1v) is 3.96. The molecule has 82 valence electrons. The zero-order chi connectivity index (χ0) is 7.99. The Bertz CT molecular complexity index is 186. The molecule has 0 fully saturated rings. The maximum atomic E-state index is 3.42. The molecule has 0 saturated heterocycles. The summed E-state index contributed by atoms with van der Waals surface area (Å²) >= 11 is 0. The van der Waals surface area contributed by atoms with E-state index in [9.17, 15) is 0 Å². The van der Waals surface area contributed by atoms with E-state index in [1.807, 2.05) is 0 Å². The van der Waals surface area contributed by atoms with Gasteiger partial charge in [-0.3, -0.25) is 5.57 Å². The third kappa shape index (κ3) is 4.06. The van der Waals surface area contributed by atoms with Crippen molar-refractivity contribution in [2.24, 2.45) is 10.8 Å². The number of allylic oxidation sites excluding steroid dienone is 2. The molecule has 0 heterocycles. The smallest absolute Gasteiger partial charge is 1.00 e. The van der Waals surface area contributed by atoms with Gasteiger partial charge in [0.1, 0.15) is 0 Å². The van der Waals surface area contributed by atoms with Crippen molar-refractivity contribution < 1.29 is 58.9 Å².